The fourth-order valence-electron chi connectivity index (χ4n) is 4.62. The Morgan fingerprint density at radius 3 is 2.31 bits per heavy atom. The number of nitrogens with zero attached hydrogens (tertiary/aromatic N) is 4. The van der Waals surface area contributed by atoms with E-state index in [2.05, 4.69) is 86.7 Å². The summed E-state index contributed by atoms with van der Waals surface area (Å²) in [5.74, 6) is 2.83. The number of anilines is 2. The maximum Gasteiger partial charge on any atom is 0.191 e. The van der Waals surface area contributed by atoms with Gasteiger partial charge in [0.2, 0.25) is 0 Å². The van der Waals surface area contributed by atoms with Crippen molar-refractivity contribution in [3.8, 4) is 0 Å². The molecule has 0 radical (unpaired) electrons. The minimum absolute atomic E-state index is 0.436. The standard InChI is InChI=1S/C26H38N6/c1-20-11-15-31(16-12-20)24-9-7-22(8-10-24)19-28-26(27-3)30-23-13-17-32(18-14-23)25-6-4-5-21(2)29-25/h4-10,20,23H,11-19H2,1-3H3,(H2,27,28,30). The van der Waals surface area contributed by atoms with Gasteiger partial charge in [-0.05, 0) is 68.4 Å². The Bertz CT molecular complexity index is 877. The van der Waals surface area contributed by atoms with E-state index >= 15 is 0 Å². The Labute approximate surface area is 193 Å². The number of rotatable bonds is 5. The third-order valence-corrected chi connectivity index (χ3v) is 6.80. The third-order valence-electron chi connectivity index (χ3n) is 6.80. The van der Waals surface area contributed by atoms with Gasteiger partial charge in [0, 0.05) is 57.2 Å². The van der Waals surface area contributed by atoms with Gasteiger partial charge in [0.1, 0.15) is 5.82 Å². The Kier molecular flexibility index (Phi) is 7.51. The number of benzene rings is 1. The van der Waals surface area contributed by atoms with Gasteiger partial charge in [0.05, 0.1) is 0 Å². The van der Waals surface area contributed by atoms with Gasteiger partial charge < -0.3 is 20.4 Å². The number of aryl methyl sites for hydroxylation is 1. The zero-order valence-corrected chi connectivity index (χ0v) is 19.8. The van der Waals surface area contributed by atoms with Crippen molar-refractivity contribution in [2.45, 2.75) is 52.1 Å². The fraction of sp³-hybridized carbons (Fsp3) is 0.538. The molecule has 1 aromatic heterocycles. The molecule has 0 atom stereocenters. The molecule has 4 rings (SSSR count). The fourth-order valence-corrected chi connectivity index (χ4v) is 4.62. The number of pyridine rings is 1. The Balaban J connectivity index is 1.22. The predicted octanol–water partition coefficient (Wildman–Crippen LogP) is 3.96. The molecule has 2 fully saturated rings. The van der Waals surface area contributed by atoms with E-state index in [0.717, 1.165) is 55.9 Å². The summed E-state index contributed by atoms with van der Waals surface area (Å²) >= 11 is 0. The van der Waals surface area contributed by atoms with Crippen LogP contribution in [0.2, 0.25) is 0 Å². The van der Waals surface area contributed by atoms with Crippen molar-refractivity contribution >= 4 is 17.5 Å². The summed E-state index contributed by atoms with van der Waals surface area (Å²) in [4.78, 5) is 14.0. The summed E-state index contributed by atoms with van der Waals surface area (Å²) in [6, 6.07) is 15.7. The van der Waals surface area contributed by atoms with Crippen LogP contribution in [0.25, 0.3) is 0 Å². The third kappa shape index (κ3) is 5.93. The molecule has 0 amide bonds. The van der Waals surface area contributed by atoms with Gasteiger partial charge in [-0.25, -0.2) is 4.98 Å². The molecule has 0 saturated carbocycles. The lowest BCUT2D eigenvalue weighted by Gasteiger charge is -2.34. The predicted molar refractivity (Wildman–Crippen MR) is 135 cm³/mol. The average Bonchev–Trinajstić information content (AvgIpc) is 2.83. The lowest BCUT2D eigenvalue weighted by atomic mass is 9.99. The van der Waals surface area contributed by atoms with Crippen LogP contribution in [0, 0.1) is 12.8 Å². The van der Waals surface area contributed by atoms with Crippen LogP contribution in [-0.4, -0.2) is 50.2 Å². The molecule has 6 heteroatoms. The lowest BCUT2D eigenvalue weighted by Crippen LogP contribution is -2.48. The molecule has 0 unspecified atom stereocenters. The van der Waals surface area contributed by atoms with E-state index in [1.165, 1.54) is 37.2 Å². The molecule has 0 bridgehead atoms. The maximum absolute atomic E-state index is 4.67. The van der Waals surface area contributed by atoms with E-state index in [4.69, 9.17) is 0 Å². The highest BCUT2D eigenvalue weighted by molar-refractivity contribution is 5.80. The first kappa shape index (κ1) is 22.4. The largest absolute Gasteiger partial charge is 0.372 e. The number of nitrogens with one attached hydrogen (secondary N) is 2. The summed E-state index contributed by atoms with van der Waals surface area (Å²) < 4.78 is 0. The van der Waals surface area contributed by atoms with Crippen LogP contribution in [0.1, 0.15) is 43.9 Å². The van der Waals surface area contributed by atoms with Crippen molar-refractivity contribution in [2.75, 3.05) is 43.0 Å². The summed E-state index contributed by atoms with van der Waals surface area (Å²) in [6.07, 6.45) is 4.76. The van der Waals surface area contributed by atoms with Crippen LogP contribution < -0.4 is 20.4 Å². The molecule has 0 spiro atoms. The maximum atomic E-state index is 4.67. The molecular formula is C26H38N6. The first-order chi connectivity index (χ1) is 15.6. The molecule has 0 aliphatic carbocycles. The van der Waals surface area contributed by atoms with E-state index in [0.29, 0.717) is 6.04 Å². The molecule has 2 aliphatic rings. The van der Waals surface area contributed by atoms with Crippen LogP contribution in [0.3, 0.4) is 0 Å². The molecule has 1 aromatic carbocycles. The zero-order valence-electron chi connectivity index (χ0n) is 19.8. The topological polar surface area (TPSA) is 55.8 Å². The molecule has 2 aromatic rings. The first-order valence-electron chi connectivity index (χ1n) is 12.1. The normalized spacial score (nSPS) is 18.7. The molecule has 32 heavy (non-hydrogen) atoms. The molecule has 3 heterocycles. The second kappa shape index (κ2) is 10.7. The monoisotopic (exact) mass is 434 g/mol. The van der Waals surface area contributed by atoms with E-state index in [1.54, 1.807) is 0 Å². The van der Waals surface area contributed by atoms with Gasteiger partial charge in [0.25, 0.3) is 0 Å². The molecule has 6 nitrogen and oxygen atoms in total. The van der Waals surface area contributed by atoms with Crippen molar-refractivity contribution in [2.24, 2.45) is 10.9 Å². The number of aliphatic imine (C=N–C) groups is 1. The molecular weight excluding hydrogens is 396 g/mol. The van der Waals surface area contributed by atoms with Gasteiger partial charge in [-0.15, -0.1) is 0 Å². The average molecular weight is 435 g/mol. The van der Waals surface area contributed by atoms with E-state index in [1.807, 2.05) is 7.05 Å². The smallest absolute Gasteiger partial charge is 0.191 e. The van der Waals surface area contributed by atoms with Gasteiger partial charge >= 0.3 is 0 Å². The summed E-state index contributed by atoms with van der Waals surface area (Å²) in [6.45, 7) is 9.57. The second-order valence-corrected chi connectivity index (χ2v) is 9.30. The summed E-state index contributed by atoms with van der Waals surface area (Å²) in [5, 5.41) is 7.10. The van der Waals surface area contributed by atoms with E-state index in [9.17, 15) is 0 Å². The van der Waals surface area contributed by atoms with E-state index in [-0.39, 0.29) is 0 Å². The summed E-state index contributed by atoms with van der Waals surface area (Å²) in [7, 11) is 1.85. The summed E-state index contributed by atoms with van der Waals surface area (Å²) in [5.41, 5.74) is 3.70. The van der Waals surface area contributed by atoms with Crippen LogP contribution >= 0.6 is 0 Å². The van der Waals surface area contributed by atoms with Crippen molar-refractivity contribution in [1.82, 2.24) is 15.6 Å². The Morgan fingerprint density at radius 1 is 0.969 bits per heavy atom. The van der Waals surface area contributed by atoms with Crippen LogP contribution in [-0.2, 0) is 6.54 Å². The van der Waals surface area contributed by atoms with Gasteiger partial charge in [-0.1, -0.05) is 25.1 Å². The Morgan fingerprint density at radius 2 is 1.66 bits per heavy atom. The number of guanidine groups is 1. The highest BCUT2D eigenvalue weighted by Gasteiger charge is 2.21. The van der Waals surface area contributed by atoms with Crippen molar-refractivity contribution in [1.29, 1.82) is 0 Å². The second-order valence-electron chi connectivity index (χ2n) is 9.30. The number of piperidine rings is 2. The Hall–Kier alpha value is -2.76. The molecule has 2 saturated heterocycles. The highest BCUT2D eigenvalue weighted by Crippen LogP contribution is 2.23. The quantitative estimate of drug-likeness (QED) is 0.551. The minimum Gasteiger partial charge on any atom is -0.372 e. The zero-order chi connectivity index (χ0) is 22.3. The van der Waals surface area contributed by atoms with Gasteiger partial charge in [-0.3, -0.25) is 4.99 Å². The van der Waals surface area contributed by atoms with Crippen molar-refractivity contribution < 1.29 is 0 Å². The highest BCUT2D eigenvalue weighted by atomic mass is 15.2. The molecule has 2 aliphatic heterocycles. The van der Waals surface area contributed by atoms with Crippen LogP contribution in [0.5, 0.6) is 0 Å². The molecule has 172 valence electrons. The number of hydrogen-bond acceptors (Lipinski definition) is 4. The van der Waals surface area contributed by atoms with Gasteiger partial charge in [0.15, 0.2) is 5.96 Å². The number of aromatic nitrogens is 1. The van der Waals surface area contributed by atoms with Crippen molar-refractivity contribution in [3.05, 3.63) is 53.7 Å². The van der Waals surface area contributed by atoms with Crippen LogP contribution in [0.15, 0.2) is 47.5 Å². The lowest BCUT2D eigenvalue weighted by molar-refractivity contribution is 0.438. The SMILES string of the molecule is CN=C(NCc1ccc(N2CCC(C)CC2)cc1)NC1CCN(c2cccc(C)n2)CC1. The first-order valence-corrected chi connectivity index (χ1v) is 12.1. The van der Waals surface area contributed by atoms with Gasteiger partial charge in [-0.2, -0.15) is 0 Å². The molecule has 2 N–H and O–H groups in total. The van der Waals surface area contributed by atoms with E-state index < -0.39 is 0 Å². The van der Waals surface area contributed by atoms with Crippen molar-refractivity contribution in [3.63, 3.8) is 0 Å². The number of hydrogen-bond donors (Lipinski definition) is 2. The van der Waals surface area contributed by atoms with Crippen LogP contribution in [0.4, 0.5) is 11.5 Å². The minimum atomic E-state index is 0.436.